The summed E-state index contributed by atoms with van der Waals surface area (Å²) in [4.78, 5) is 0. The van der Waals surface area contributed by atoms with Gasteiger partial charge in [-0.2, -0.15) is 0 Å². The number of rotatable bonds is 8. The van der Waals surface area contributed by atoms with Gasteiger partial charge in [0.2, 0.25) is 0 Å². The van der Waals surface area contributed by atoms with E-state index in [-0.39, 0.29) is 0 Å². The van der Waals surface area contributed by atoms with Crippen molar-refractivity contribution in [2.45, 2.75) is 38.7 Å². The Hall–Kier alpha value is -0.363. The Balaban J connectivity index is 2.22. The van der Waals surface area contributed by atoms with Crippen molar-refractivity contribution in [3.05, 3.63) is 11.8 Å². The molecule has 106 valence electrons. The Bertz CT molecular complexity index is 259. The summed E-state index contributed by atoms with van der Waals surface area (Å²) in [6.07, 6.45) is 7.03. The van der Waals surface area contributed by atoms with Crippen LogP contribution < -0.4 is 5.32 Å². The molecule has 1 aliphatic carbocycles. The maximum Gasteiger partial charge on any atom is 0.500 e. The van der Waals surface area contributed by atoms with E-state index in [1.807, 2.05) is 0 Å². The lowest BCUT2D eigenvalue weighted by Crippen LogP contribution is -2.43. The highest BCUT2D eigenvalue weighted by molar-refractivity contribution is 6.60. The van der Waals surface area contributed by atoms with Crippen LogP contribution in [0.3, 0.4) is 0 Å². The lowest BCUT2D eigenvalue weighted by atomic mass is 9.94. The molecule has 0 fully saturated rings. The van der Waals surface area contributed by atoms with E-state index in [9.17, 15) is 0 Å². The zero-order valence-corrected chi connectivity index (χ0v) is 13.1. The van der Waals surface area contributed by atoms with Gasteiger partial charge in [0.05, 0.1) is 0 Å². The minimum Gasteiger partial charge on any atom is -0.389 e. The van der Waals surface area contributed by atoms with E-state index in [1.165, 1.54) is 25.0 Å². The molecule has 0 aliphatic heterocycles. The molecule has 0 heterocycles. The highest BCUT2D eigenvalue weighted by Gasteiger charge is 2.36. The van der Waals surface area contributed by atoms with Gasteiger partial charge in [-0.1, -0.05) is 13.0 Å². The molecular formula is C13H27NO3Si. The third-order valence-corrected chi connectivity index (χ3v) is 6.45. The first-order valence-electron chi connectivity index (χ1n) is 6.74. The van der Waals surface area contributed by atoms with Crippen molar-refractivity contribution in [2.75, 3.05) is 27.9 Å². The van der Waals surface area contributed by atoms with Crippen LogP contribution in [0.15, 0.2) is 11.8 Å². The van der Waals surface area contributed by atoms with Crippen LogP contribution in [0.5, 0.6) is 0 Å². The van der Waals surface area contributed by atoms with Crippen LogP contribution in [0.1, 0.15) is 32.6 Å². The van der Waals surface area contributed by atoms with Gasteiger partial charge in [0.25, 0.3) is 0 Å². The fraction of sp³-hybridized carbons (Fsp3) is 0.846. The van der Waals surface area contributed by atoms with E-state index in [2.05, 4.69) is 18.3 Å². The second-order valence-corrected chi connectivity index (χ2v) is 8.03. The molecule has 0 aromatic rings. The quantitative estimate of drug-likeness (QED) is 0.545. The zero-order valence-electron chi connectivity index (χ0n) is 12.1. The predicted molar refractivity (Wildman–Crippen MR) is 75.3 cm³/mol. The van der Waals surface area contributed by atoms with Gasteiger partial charge >= 0.3 is 8.80 Å². The molecule has 0 aromatic heterocycles. The Morgan fingerprint density at radius 1 is 1.28 bits per heavy atom. The molecule has 18 heavy (non-hydrogen) atoms. The smallest absolute Gasteiger partial charge is 0.389 e. The van der Waals surface area contributed by atoms with Crippen LogP contribution in [0.2, 0.25) is 6.04 Å². The molecule has 0 amide bonds. The van der Waals surface area contributed by atoms with Gasteiger partial charge in [0.1, 0.15) is 0 Å². The van der Waals surface area contributed by atoms with Crippen LogP contribution in [-0.4, -0.2) is 36.7 Å². The molecule has 1 aliphatic rings. The van der Waals surface area contributed by atoms with Crippen LogP contribution in [-0.2, 0) is 13.3 Å². The molecule has 0 saturated carbocycles. The average molecular weight is 273 g/mol. The van der Waals surface area contributed by atoms with E-state index < -0.39 is 8.80 Å². The largest absolute Gasteiger partial charge is 0.500 e. The maximum atomic E-state index is 5.39. The molecule has 1 unspecified atom stereocenters. The van der Waals surface area contributed by atoms with E-state index in [1.54, 1.807) is 21.3 Å². The highest BCUT2D eigenvalue weighted by Crippen LogP contribution is 2.21. The first kappa shape index (κ1) is 15.7. The molecule has 0 spiro atoms. The van der Waals surface area contributed by atoms with Gasteiger partial charge < -0.3 is 18.6 Å². The summed E-state index contributed by atoms with van der Waals surface area (Å²) in [5, 5.41) is 3.50. The summed E-state index contributed by atoms with van der Waals surface area (Å²) in [6, 6.07) is 0.854. The van der Waals surface area contributed by atoms with E-state index in [0.29, 0.717) is 0 Å². The van der Waals surface area contributed by atoms with Gasteiger partial charge in [0, 0.05) is 39.6 Å². The van der Waals surface area contributed by atoms with Crippen LogP contribution in [0.4, 0.5) is 0 Å². The lowest BCUT2D eigenvalue weighted by molar-refractivity contribution is 0.123. The Morgan fingerprint density at radius 3 is 2.44 bits per heavy atom. The predicted octanol–water partition coefficient (Wildman–Crippen LogP) is 2.55. The second-order valence-electron chi connectivity index (χ2n) is 4.93. The van der Waals surface area contributed by atoms with Crippen molar-refractivity contribution in [1.82, 2.24) is 5.32 Å². The first-order chi connectivity index (χ1) is 8.65. The minimum absolute atomic E-state index is 0.839. The second kappa shape index (κ2) is 7.94. The third-order valence-electron chi connectivity index (χ3n) is 3.62. The van der Waals surface area contributed by atoms with E-state index >= 15 is 0 Å². The standard InChI is InChI=1S/C13H27NO3Si/c1-12-6-8-13(9-7-12)14-10-5-11-18(15-2,16-3)17-4/h8,12,14H,5-7,9-11H2,1-4H3. The van der Waals surface area contributed by atoms with Crippen LogP contribution in [0, 0.1) is 5.92 Å². The molecule has 0 aromatic carbocycles. The zero-order chi connectivity index (χ0) is 13.4. The number of nitrogens with one attached hydrogen (secondary N) is 1. The van der Waals surface area contributed by atoms with Gasteiger partial charge in [0.15, 0.2) is 0 Å². The van der Waals surface area contributed by atoms with Gasteiger partial charge in [-0.25, -0.2) is 0 Å². The van der Waals surface area contributed by atoms with Crippen molar-refractivity contribution in [2.24, 2.45) is 5.92 Å². The Labute approximate surface area is 112 Å². The highest BCUT2D eigenvalue weighted by atomic mass is 28.4. The van der Waals surface area contributed by atoms with Crippen molar-refractivity contribution in [1.29, 1.82) is 0 Å². The monoisotopic (exact) mass is 273 g/mol. The van der Waals surface area contributed by atoms with E-state index in [4.69, 9.17) is 13.3 Å². The Morgan fingerprint density at radius 2 is 1.94 bits per heavy atom. The summed E-state index contributed by atoms with van der Waals surface area (Å²) in [7, 11) is 2.62. The minimum atomic E-state index is -2.37. The first-order valence-corrected chi connectivity index (χ1v) is 8.67. The number of hydrogen-bond donors (Lipinski definition) is 1. The SMILES string of the molecule is CO[Si](CCCNC1=CCC(C)CC1)(OC)OC. The molecule has 5 heteroatoms. The summed E-state index contributed by atoms with van der Waals surface area (Å²) < 4.78 is 16.2. The lowest BCUT2D eigenvalue weighted by Gasteiger charge is -2.25. The fourth-order valence-electron chi connectivity index (χ4n) is 2.24. The number of allylic oxidation sites excluding steroid dienone is 2. The summed E-state index contributed by atoms with van der Waals surface area (Å²) >= 11 is 0. The van der Waals surface area contributed by atoms with Gasteiger partial charge in [-0.15, -0.1) is 0 Å². The molecule has 0 radical (unpaired) electrons. The summed E-state index contributed by atoms with van der Waals surface area (Å²) in [5.41, 5.74) is 1.40. The normalized spacial score (nSPS) is 20.7. The average Bonchev–Trinajstić information content (AvgIpc) is 2.42. The van der Waals surface area contributed by atoms with Crippen molar-refractivity contribution < 1.29 is 13.3 Å². The number of hydrogen-bond acceptors (Lipinski definition) is 4. The molecule has 1 atom stereocenters. The fourth-order valence-corrected chi connectivity index (χ4v) is 3.96. The van der Waals surface area contributed by atoms with Crippen LogP contribution in [0.25, 0.3) is 0 Å². The van der Waals surface area contributed by atoms with E-state index in [0.717, 1.165) is 24.9 Å². The molecule has 1 rings (SSSR count). The van der Waals surface area contributed by atoms with Crippen LogP contribution >= 0.6 is 0 Å². The van der Waals surface area contributed by atoms with Gasteiger partial charge in [-0.05, 0) is 31.6 Å². The molecule has 0 saturated heterocycles. The molecular weight excluding hydrogens is 246 g/mol. The van der Waals surface area contributed by atoms with Gasteiger partial charge in [-0.3, -0.25) is 0 Å². The van der Waals surface area contributed by atoms with Crippen molar-refractivity contribution >= 4 is 8.80 Å². The summed E-state index contributed by atoms with van der Waals surface area (Å²) in [6.45, 7) is 3.27. The topological polar surface area (TPSA) is 39.7 Å². The van der Waals surface area contributed by atoms with Crippen molar-refractivity contribution in [3.8, 4) is 0 Å². The molecule has 1 N–H and O–H groups in total. The van der Waals surface area contributed by atoms with Crippen molar-refractivity contribution in [3.63, 3.8) is 0 Å². The maximum absolute atomic E-state index is 5.39. The molecule has 4 nitrogen and oxygen atoms in total. The summed E-state index contributed by atoms with van der Waals surface area (Å²) in [5.74, 6) is 0.839. The Kier molecular flexibility index (Phi) is 6.92. The molecule has 0 bridgehead atoms. The third kappa shape index (κ3) is 4.72.